The monoisotopic (exact) mass is 471 g/mol. The minimum atomic E-state index is -2.47. The fraction of sp³-hybridized carbons (Fsp3) is 0.560. The zero-order valence-corrected chi connectivity index (χ0v) is 19.5. The van der Waals surface area contributed by atoms with Gasteiger partial charge >= 0.3 is 5.69 Å². The number of rotatable bonds is 6. The van der Waals surface area contributed by atoms with Gasteiger partial charge in [0.1, 0.15) is 11.3 Å². The molecule has 5 rings (SSSR count). The molecule has 2 aromatic heterocycles. The number of piperidine rings is 1. The van der Waals surface area contributed by atoms with Crippen LogP contribution in [0.5, 0.6) is 5.88 Å². The molecular formula is C25H31F2N5O2. The number of para-hydroxylation sites is 1. The molecule has 0 radical (unpaired) electrons. The number of H-pyrrole nitrogens is 1. The Morgan fingerprint density at radius 1 is 1.18 bits per heavy atom. The Kier molecular flexibility index (Phi) is 6.38. The normalized spacial score (nSPS) is 21.7. The van der Waals surface area contributed by atoms with Gasteiger partial charge in [-0.25, -0.2) is 18.6 Å². The van der Waals surface area contributed by atoms with Crippen LogP contribution in [-0.4, -0.2) is 57.3 Å². The third kappa shape index (κ3) is 4.85. The number of methoxy groups -OCH3 is 1. The molecule has 0 spiro atoms. The third-order valence-corrected chi connectivity index (χ3v) is 7.33. The van der Waals surface area contributed by atoms with Crippen molar-refractivity contribution in [2.45, 2.75) is 56.8 Å². The van der Waals surface area contributed by atoms with E-state index in [2.05, 4.69) is 20.0 Å². The summed E-state index contributed by atoms with van der Waals surface area (Å²) in [4.78, 5) is 22.8. The second-order valence-electron chi connectivity index (χ2n) is 9.66. The average Bonchev–Trinajstić information content (AvgIpc) is 3.24. The van der Waals surface area contributed by atoms with Gasteiger partial charge in [-0.2, -0.15) is 4.68 Å². The predicted molar refractivity (Wildman–Crippen MR) is 126 cm³/mol. The molecule has 1 atom stereocenters. The molecule has 3 aromatic rings. The van der Waals surface area contributed by atoms with Crippen molar-refractivity contribution in [2.24, 2.45) is 5.92 Å². The highest BCUT2D eigenvalue weighted by molar-refractivity contribution is 5.86. The van der Waals surface area contributed by atoms with Crippen LogP contribution in [0.2, 0.25) is 0 Å². The molecule has 0 bridgehead atoms. The van der Waals surface area contributed by atoms with E-state index < -0.39 is 5.92 Å². The molecule has 182 valence electrons. The van der Waals surface area contributed by atoms with Crippen LogP contribution in [0, 0.1) is 5.92 Å². The number of aromatic amines is 1. The first-order valence-corrected chi connectivity index (χ1v) is 12.2. The summed E-state index contributed by atoms with van der Waals surface area (Å²) in [7, 11) is 1.56. The summed E-state index contributed by atoms with van der Waals surface area (Å²) in [5.41, 5.74) is 0.989. The smallest absolute Gasteiger partial charge is 0.348 e. The summed E-state index contributed by atoms with van der Waals surface area (Å²) in [5.74, 6) is -0.784. The van der Waals surface area contributed by atoms with Gasteiger partial charge in [-0.1, -0.05) is 12.1 Å². The van der Waals surface area contributed by atoms with Gasteiger partial charge in [-0.05, 0) is 63.2 Å². The van der Waals surface area contributed by atoms with Crippen LogP contribution in [0.4, 0.5) is 8.78 Å². The number of pyridine rings is 1. The average molecular weight is 472 g/mol. The van der Waals surface area contributed by atoms with E-state index in [4.69, 9.17) is 4.74 Å². The summed E-state index contributed by atoms with van der Waals surface area (Å²) in [6.45, 7) is 2.72. The second-order valence-corrected chi connectivity index (χ2v) is 9.66. The molecule has 1 N–H and O–H groups in total. The van der Waals surface area contributed by atoms with Crippen LogP contribution < -0.4 is 10.4 Å². The number of ether oxygens (including phenoxy) is 1. The highest BCUT2D eigenvalue weighted by Crippen LogP contribution is 2.37. The number of benzene rings is 1. The van der Waals surface area contributed by atoms with Crippen LogP contribution in [0.1, 0.15) is 56.7 Å². The molecule has 0 amide bonds. The van der Waals surface area contributed by atoms with Crippen LogP contribution >= 0.6 is 0 Å². The number of hydrogen-bond acceptors (Lipinski definition) is 5. The highest BCUT2D eigenvalue weighted by Gasteiger charge is 2.35. The van der Waals surface area contributed by atoms with Crippen molar-refractivity contribution < 1.29 is 13.5 Å². The molecule has 1 aromatic carbocycles. The SMILES string of the molecule is COc1ccc2cccc(-n3nc([C@H]4CCCN(CCC5CCC(F)(F)CC5)C4)[nH]c3=O)c2n1. The fourth-order valence-electron chi connectivity index (χ4n) is 5.32. The van der Waals surface area contributed by atoms with Gasteiger partial charge in [0.05, 0.1) is 12.8 Å². The van der Waals surface area contributed by atoms with Crippen LogP contribution in [0.25, 0.3) is 16.6 Å². The molecule has 9 heteroatoms. The highest BCUT2D eigenvalue weighted by atomic mass is 19.3. The molecular weight excluding hydrogens is 440 g/mol. The molecule has 1 saturated heterocycles. The number of alkyl halides is 2. The largest absolute Gasteiger partial charge is 0.481 e. The Bertz CT molecular complexity index is 1200. The van der Waals surface area contributed by atoms with Crippen molar-refractivity contribution in [3.05, 3.63) is 46.6 Å². The van der Waals surface area contributed by atoms with Crippen molar-refractivity contribution >= 4 is 10.9 Å². The van der Waals surface area contributed by atoms with E-state index in [0.717, 1.165) is 44.3 Å². The summed E-state index contributed by atoms with van der Waals surface area (Å²) in [6.07, 6.45) is 4.22. The Morgan fingerprint density at radius 3 is 2.79 bits per heavy atom. The van der Waals surface area contributed by atoms with E-state index in [0.29, 0.717) is 41.7 Å². The maximum atomic E-state index is 13.4. The van der Waals surface area contributed by atoms with Crippen molar-refractivity contribution in [3.8, 4) is 11.6 Å². The van der Waals surface area contributed by atoms with Crippen LogP contribution in [0.15, 0.2) is 35.1 Å². The first-order chi connectivity index (χ1) is 16.4. The number of hydrogen-bond donors (Lipinski definition) is 1. The number of nitrogens with zero attached hydrogens (tertiary/aromatic N) is 4. The van der Waals surface area contributed by atoms with Gasteiger partial charge in [0.2, 0.25) is 11.8 Å². The quantitative estimate of drug-likeness (QED) is 0.572. The van der Waals surface area contributed by atoms with E-state index in [9.17, 15) is 13.6 Å². The van der Waals surface area contributed by atoms with Gasteiger partial charge in [-0.15, -0.1) is 5.10 Å². The third-order valence-electron chi connectivity index (χ3n) is 7.33. The summed E-state index contributed by atoms with van der Waals surface area (Å²) < 4.78 is 33.5. The number of halogens is 2. The van der Waals surface area contributed by atoms with E-state index in [1.165, 1.54) is 4.68 Å². The molecule has 3 heterocycles. The fourth-order valence-corrected chi connectivity index (χ4v) is 5.32. The Balaban J connectivity index is 1.29. The summed E-state index contributed by atoms with van der Waals surface area (Å²) in [6, 6.07) is 9.37. The predicted octanol–water partition coefficient (Wildman–Crippen LogP) is 4.51. The Labute approximate surface area is 197 Å². The van der Waals surface area contributed by atoms with E-state index in [1.54, 1.807) is 13.2 Å². The molecule has 7 nitrogen and oxygen atoms in total. The van der Waals surface area contributed by atoms with Gasteiger partial charge < -0.3 is 9.64 Å². The lowest BCUT2D eigenvalue weighted by molar-refractivity contribution is -0.0473. The molecule has 1 aliphatic carbocycles. The zero-order valence-electron chi connectivity index (χ0n) is 19.5. The molecule has 1 saturated carbocycles. The Hall–Kier alpha value is -2.81. The first-order valence-electron chi connectivity index (χ1n) is 12.2. The molecule has 2 aliphatic rings. The lowest BCUT2D eigenvalue weighted by Gasteiger charge is -2.34. The van der Waals surface area contributed by atoms with Crippen molar-refractivity contribution in [2.75, 3.05) is 26.7 Å². The molecule has 34 heavy (non-hydrogen) atoms. The van der Waals surface area contributed by atoms with E-state index >= 15 is 0 Å². The van der Waals surface area contributed by atoms with E-state index in [1.807, 2.05) is 24.3 Å². The molecule has 0 unspecified atom stereocenters. The van der Waals surface area contributed by atoms with Gasteiger partial charge in [0, 0.05) is 36.8 Å². The lowest BCUT2D eigenvalue weighted by Crippen LogP contribution is -2.36. The number of likely N-dealkylation sites (tertiary alicyclic amines) is 1. The zero-order chi connectivity index (χ0) is 23.7. The van der Waals surface area contributed by atoms with E-state index in [-0.39, 0.29) is 24.4 Å². The van der Waals surface area contributed by atoms with Gasteiger partial charge in [0.15, 0.2) is 0 Å². The maximum absolute atomic E-state index is 13.4. The van der Waals surface area contributed by atoms with Crippen LogP contribution in [0.3, 0.4) is 0 Å². The van der Waals surface area contributed by atoms with Crippen molar-refractivity contribution in [1.82, 2.24) is 24.6 Å². The summed E-state index contributed by atoms with van der Waals surface area (Å²) in [5, 5.41) is 5.57. The summed E-state index contributed by atoms with van der Waals surface area (Å²) >= 11 is 0. The molecule has 2 fully saturated rings. The van der Waals surface area contributed by atoms with Crippen molar-refractivity contribution in [1.29, 1.82) is 0 Å². The second kappa shape index (κ2) is 9.44. The van der Waals surface area contributed by atoms with Gasteiger partial charge in [-0.3, -0.25) is 4.98 Å². The minimum Gasteiger partial charge on any atom is -0.481 e. The maximum Gasteiger partial charge on any atom is 0.348 e. The molecule has 1 aliphatic heterocycles. The lowest BCUT2D eigenvalue weighted by atomic mass is 9.84. The van der Waals surface area contributed by atoms with Crippen LogP contribution in [-0.2, 0) is 0 Å². The standard InChI is InChI=1S/C25H31F2N5O2/c1-34-21-8-7-18-4-2-6-20(22(18)28-21)32-24(33)29-23(30-32)19-5-3-14-31(16-19)15-11-17-9-12-25(26,27)13-10-17/h2,4,6-8,17,19H,3,5,9-16H2,1H3,(H,29,30,33)/t19-/m0/s1. The van der Waals surface area contributed by atoms with Gasteiger partial charge in [0.25, 0.3) is 0 Å². The topological polar surface area (TPSA) is 76.0 Å². The first kappa shape index (κ1) is 23.0. The number of aromatic nitrogens is 4. The van der Waals surface area contributed by atoms with Crippen molar-refractivity contribution in [3.63, 3.8) is 0 Å². The Morgan fingerprint density at radius 2 is 2.00 bits per heavy atom. The number of fused-ring (bicyclic) bond motifs is 1. The number of nitrogens with one attached hydrogen (secondary N) is 1. The minimum absolute atomic E-state index is 0.0217.